The maximum Gasteiger partial charge on any atom is 0.307 e. The van der Waals surface area contributed by atoms with E-state index in [1.807, 2.05) is 13.0 Å². The molecule has 1 rings (SSSR count). The first kappa shape index (κ1) is 14.2. The fourth-order valence-corrected chi connectivity index (χ4v) is 1.36. The largest absolute Gasteiger partial charge is 0.463 e. The molecule has 0 unspecified atom stereocenters. The highest BCUT2D eigenvalue weighted by atomic mass is 16.5. The number of carbonyl (C=O) groups is 2. The number of aromatic nitrogens is 1. The van der Waals surface area contributed by atoms with Gasteiger partial charge in [0.15, 0.2) is 0 Å². The highest BCUT2D eigenvalue weighted by Crippen LogP contribution is 1.98. The molecule has 0 bridgehead atoms. The lowest BCUT2D eigenvalue weighted by Crippen LogP contribution is -2.27. The van der Waals surface area contributed by atoms with Gasteiger partial charge in [-0.15, -0.1) is 0 Å². The van der Waals surface area contributed by atoms with Crippen molar-refractivity contribution < 1.29 is 14.3 Å². The van der Waals surface area contributed by atoms with E-state index >= 15 is 0 Å². The third-order valence-corrected chi connectivity index (χ3v) is 2.10. The van der Waals surface area contributed by atoms with Crippen molar-refractivity contribution in [3.8, 4) is 0 Å². The first-order chi connectivity index (χ1) is 8.49. The van der Waals surface area contributed by atoms with Gasteiger partial charge in [0.25, 0.3) is 5.91 Å². The Hall–Kier alpha value is -1.91. The molecule has 1 amide bonds. The lowest BCUT2D eigenvalue weighted by Gasteiger charge is -2.08. The van der Waals surface area contributed by atoms with Crippen LogP contribution in [0.5, 0.6) is 0 Å². The smallest absolute Gasteiger partial charge is 0.307 e. The molecule has 0 spiro atoms. The third kappa shape index (κ3) is 4.95. The molecule has 0 aliphatic carbocycles. The number of aryl methyl sites for hydroxylation is 1. The fraction of sp³-hybridized carbons (Fsp3) is 0.462. The molecule has 0 saturated carbocycles. The molecule has 1 N–H and O–H groups in total. The van der Waals surface area contributed by atoms with Gasteiger partial charge in [-0.25, -0.2) is 4.98 Å². The zero-order valence-electron chi connectivity index (χ0n) is 10.9. The summed E-state index contributed by atoms with van der Waals surface area (Å²) in [7, 11) is 0. The molecule has 0 aliphatic rings. The van der Waals surface area contributed by atoms with Crippen molar-refractivity contribution in [3.63, 3.8) is 0 Å². The van der Waals surface area contributed by atoms with Crippen molar-refractivity contribution >= 4 is 11.9 Å². The summed E-state index contributed by atoms with van der Waals surface area (Å²) in [4.78, 5) is 27.0. The quantitative estimate of drug-likeness (QED) is 0.803. The predicted octanol–water partition coefficient (Wildman–Crippen LogP) is 1.46. The van der Waals surface area contributed by atoms with Gasteiger partial charge in [-0.3, -0.25) is 9.59 Å². The lowest BCUT2D eigenvalue weighted by atomic mass is 10.3. The molecule has 0 aromatic carbocycles. The lowest BCUT2D eigenvalue weighted by molar-refractivity contribution is -0.147. The number of hydrogen-bond acceptors (Lipinski definition) is 4. The SMILES string of the molecule is Cc1cccc(C(=O)NCCC(=O)OC(C)C)n1. The summed E-state index contributed by atoms with van der Waals surface area (Å²) in [6.45, 7) is 5.64. The Morgan fingerprint density at radius 2 is 2.11 bits per heavy atom. The van der Waals surface area contributed by atoms with Gasteiger partial charge in [0.1, 0.15) is 5.69 Å². The maximum absolute atomic E-state index is 11.7. The average molecular weight is 250 g/mol. The minimum Gasteiger partial charge on any atom is -0.463 e. The van der Waals surface area contributed by atoms with E-state index in [1.54, 1.807) is 26.0 Å². The van der Waals surface area contributed by atoms with Gasteiger partial charge < -0.3 is 10.1 Å². The number of nitrogens with one attached hydrogen (secondary N) is 1. The highest BCUT2D eigenvalue weighted by Gasteiger charge is 2.09. The number of nitrogens with zero attached hydrogens (tertiary/aromatic N) is 1. The second kappa shape index (κ2) is 6.74. The van der Waals surface area contributed by atoms with Gasteiger partial charge in [-0.05, 0) is 32.9 Å². The van der Waals surface area contributed by atoms with E-state index < -0.39 is 0 Å². The predicted molar refractivity (Wildman–Crippen MR) is 67.2 cm³/mol. The molecule has 0 fully saturated rings. The van der Waals surface area contributed by atoms with E-state index in [1.165, 1.54) is 0 Å². The van der Waals surface area contributed by atoms with E-state index in [2.05, 4.69) is 10.3 Å². The molecule has 5 heteroatoms. The number of rotatable bonds is 5. The van der Waals surface area contributed by atoms with Crippen LogP contribution in [-0.4, -0.2) is 29.5 Å². The van der Waals surface area contributed by atoms with E-state index in [4.69, 9.17) is 4.74 Å². The van der Waals surface area contributed by atoms with Crippen LogP contribution in [0.1, 0.15) is 36.5 Å². The van der Waals surface area contributed by atoms with Crippen LogP contribution in [0.2, 0.25) is 0 Å². The van der Waals surface area contributed by atoms with E-state index in [0.29, 0.717) is 5.69 Å². The monoisotopic (exact) mass is 250 g/mol. The first-order valence-corrected chi connectivity index (χ1v) is 5.90. The van der Waals surface area contributed by atoms with Crippen molar-refractivity contribution in [2.45, 2.75) is 33.3 Å². The molecule has 18 heavy (non-hydrogen) atoms. The number of pyridine rings is 1. The number of amides is 1. The first-order valence-electron chi connectivity index (χ1n) is 5.90. The fourth-order valence-electron chi connectivity index (χ4n) is 1.36. The molecule has 1 aromatic rings. The maximum atomic E-state index is 11.7. The summed E-state index contributed by atoms with van der Waals surface area (Å²) < 4.78 is 4.95. The molecular formula is C13H18N2O3. The van der Waals surface area contributed by atoms with Gasteiger partial charge in [-0.2, -0.15) is 0 Å². The van der Waals surface area contributed by atoms with Crippen LogP contribution in [0.25, 0.3) is 0 Å². The summed E-state index contributed by atoms with van der Waals surface area (Å²) in [6, 6.07) is 5.22. The van der Waals surface area contributed by atoms with Crippen LogP contribution in [-0.2, 0) is 9.53 Å². The van der Waals surface area contributed by atoms with Crippen LogP contribution in [0.15, 0.2) is 18.2 Å². The van der Waals surface area contributed by atoms with E-state index in [0.717, 1.165) is 5.69 Å². The van der Waals surface area contributed by atoms with Gasteiger partial charge >= 0.3 is 5.97 Å². The van der Waals surface area contributed by atoms with Crippen LogP contribution < -0.4 is 5.32 Å². The standard InChI is InChI=1S/C13H18N2O3/c1-9(2)18-12(16)7-8-14-13(17)11-6-4-5-10(3)15-11/h4-6,9H,7-8H2,1-3H3,(H,14,17). The topological polar surface area (TPSA) is 68.3 Å². The molecule has 0 aliphatic heterocycles. The Bertz CT molecular complexity index is 430. The van der Waals surface area contributed by atoms with Crippen molar-refractivity contribution in [3.05, 3.63) is 29.6 Å². The highest BCUT2D eigenvalue weighted by molar-refractivity contribution is 5.92. The summed E-state index contributed by atoms with van der Waals surface area (Å²) in [5, 5.41) is 2.63. The van der Waals surface area contributed by atoms with Gasteiger partial charge in [0.05, 0.1) is 12.5 Å². The van der Waals surface area contributed by atoms with E-state index in [9.17, 15) is 9.59 Å². The Morgan fingerprint density at radius 3 is 2.72 bits per heavy atom. The molecule has 0 radical (unpaired) electrons. The van der Waals surface area contributed by atoms with Crippen molar-refractivity contribution in [2.75, 3.05) is 6.54 Å². The summed E-state index contributed by atoms with van der Waals surface area (Å²) in [5.41, 5.74) is 1.13. The third-order valence-electron chi connectivity index (χ3n) is 2.10. The number of ether oxygens (including phenoxy) is 1. The molecule has 5 nitrogen and oxygen atoms in total. The Kier molecular flexibility index (Phi) is 5.30. The normalized spacial score (nSPS) is 10.2. The second-order valence-corrected chi connectivity index (χ2v) is 4.21. The number of carbonyl (C=O) groups excluding carboxylic acids is 2. The zero-order valence-corrected chi connectivity index (χ0v) is 10.9. The summed E-state index contributed by atoms with van der Waals surface area (Å²) in [5.74, 6) is -0.599. The van der Waals surface area contributed by atoms with Crippen LogP contribution >= 0.6 is 0 Å². The molecular weight excluding hydrogens is 232 g/mol. The minimum atomic E-state index is -0.317. The Labute approximate surface area is 107 Å². The van der Waals surface area contributed by atoms with Gasteiger partial charge in [0, 0.05) is 12.2 Å². The van der Waals surface area contributed by atoms with Crippen molar-refractivity contribution in [2.24, 2.45) is 0 Å². The number of esters is 1. The Balaban J connectivity index is 2.36. The van der Waals surface area contributed by atoms with Crippen molar-refractivity contribution in [1.82, 2.24) is 10.3 Å². The van der Waals surface area contributed by atoms with Gasteiger partial charge in [0.2, 0.25) is 0 Å². The second-order valence-electron chi connectivity index (χ2n) is 4.21. The molecule has 0 atom stereocenters. The molecule has 98 valence electrons. The Morgan fingerprint density at radius 1 is 1.39 bits per heavy atom. The summed E-state index contributed by atoms with van der Waals surface area (Å²) >= 11 is 0. The molecule has 1 heterocycles. The van der Waals surface area contributed by atoms with Crippen LogP contribution in [0.4, 0.5) is 0 Å². The van der Waals surface area contributed by atoms with Crippen molar-refractivity contribution in [1.29, 1.82) is 0 Å². The number of hydrogen-bond donors (Lipinski definition) is 1. The minimum absolute atomic E-state index is 0.133. The average Bonchev–Trinajstić information content (AvgIpc) is 2.27. The van der Waals surface area contributed by atoms with Crippen LogP contribution in [0.3, 0.4) is 0 Å². The van der Waals surface area contributed by atoms with E-state index in [-0.39, 0.29) is 30.9 Å². The van der Waals surface area contributed by atoms with Crippen LogP contribution in [0, 0.1) is 6.92 Å². The summed E-state index contributed by atoms with van der Waals surface area (Å²) in [6.07, 6.45) is 0.0297. The molecule has 0 saturated heterocycles. The van der Waals surface area contributed by atoms with Gasteiger partial charge in [-0.1, -0.05) is 6.07 Å². The zero-order chi connectivity index (χ0) is 13.5. The molecule has 1 aromatic heterocycles.